The molecule has 1 fully saturated rings. The van der Waals surface area contributed by atoms with Gasteiger partial charge in [-0.05, 0) is 48.1 Å². The van der Waals surface area contributed by atoms with Crippen molar-refractivity contribution in [2.24, 2.45) is 5.73 Å². The molecule has 1 saturated carbocycles. The fourth-order valence-electron chi connectivity index (χ4n) is 3.77. The number of nitrogens with two attached hydrogens (primary N) is 1. The number of amides is 2. The van der Waals surface area contributed by atoms with Gasteiger partial charge in [0.05, 0.1) is 0 Å². The summed E-state index contributed by atoms with van der Waals surface area (Å²) in [4.78, 5) is 25.5. The van der Waals surface area contributed by atoms with E-state index in [1.807, 2.05) is 84.9 Å². The topological polar surface area (TPSA) is 93.5 Å². The number of hydrogen-bond donors (Lipinski definition) is 3. The van der Waals surface area contributed by atoms with Gasteiger partial charge in [-0.2, -0.15) is 0 Å². The Morgan fingerprint density at radius 2 is 1.52 bits per heavy atom. The van der Waals surface area contributed by atoms with Crippen LogP contribution in [0.3, 0.4) is 0 Å². The first-order valence-electron chi connectivity index (χ1n) is 11.3. The van der Waals surface area contributed by atoms with E-state index in [9.17, 15) is 9.59 Å². The van der Waals surface area contributed by atoms with Gasteiger partial charge in [0.1, 0.15) is 12.6 Å². The van der Waals surface area contributed by atoms with Crippen LogP contribution in [0, 0.1) is 0 Å². The second-order valence-corrected chi connectivity index (χ2v) is 8.40. The number of rotatable bonds is 9. The van der Waals surface area contributed by atoms with Crippen LogP contribution in [0.15, 0.2) is 84.9 Å². The molecule has 0 radical (unpaired) electrons. The Morgan fingerprint density at radius 3 is 2.12 bits per heavy atom. The van der Waals surface area contributed by atoms with Gasteiger partial charge in [-0.3, -0.25) is 4.79 Å². The highest BCUT2D eigenvalue weighted by Crippen LogP contribution is 2.39. The van der Waals surface area contributed by atoms with Crippen molar-refractivity contribution in [3.63, 3.8) is 0 Å². The van der Waals surface area contributed by atoms with E-state index in [1.54, 1.807) is 0 Å². The van der Waals surface area contributed by atoms with Crippen molar-refractivity contribution >= 4 is 17.7 Å². The maximum Gasteiger partial charge on any atom is 0.408 e. The van der Waals surface area contributed by atoms with E-state index >= 15 is 0 Å². The summed E-state index contributed by atoms with van der Waals surface area (Å²) in [6.45, 7) is 0.143. The molecule has 0 aromatic heterocycles. The molecule has 0 heterocycles. The summed E-state index contributed by atoms with van der Waals surface area (Å²) in [5, 5.41) is 5.65. The van der Waals surface area contributed by atoms with Crippen molar-refractivity contribution in [1.82, 2.24) is 5.32 Å². The maximum absolute atomic E-state index is 13.0. The lowest BCUT2D eigenvalue weighted by molar-refractivity contribution is -0.118. The lowest BCUT2D eigenvalue weighted by Gasteiger charge is -2.19. The number of hydrogen-bond acceptors (Lipinski definition) is 4. The van der Waals surface area contributed by atoms with Gasteiger partial charge in [-0.15, -0.1) is 0 Å². The minimum Gasteiger partial charge on any atom is -0.445 e. The van der Waals surface area contributed by atoms with Gasteiger partial charge in [0.25, 0.3) is 0 Å². The maximum atomic E-state index is 13.0. The molecule has 1 aliphatic rings. The third-order valence-corrected chi connectivity index (χ3v) is 5.83. The Balaban J connectivity index is 1.37. The quantitative estimate of drug-likeness (QED) is 0.458. The molecular formula is C27H29N3O3. The predicted octanol–water partition coefficient (Wildman–Crippen LogP) is 4.37. The Hall–Kier alpha value is -3.64. The molecule has 3 atom stereocenters. The Bertz CT molecular complexity index is 1050. The average molecular weight is 444 g/mol. The van der Waals surface area contributed by atoms with Crippen molar-refractivity contribution in [3.8, 4) is 0 Å². The molecule has 1 unspecified atom stereocenters. The van der Waals surface area contributed by atoms with Gasteiger partial charge in [-0.1, -0.05) is 72.8 Å². The summed E-state index contributed by atoms with van der Waals surface area (Å²) < 4.78 is 5.33. The zero-order chi connectivity index (χ0) is 23.0. The molecule has 0 bridgehead atoms. The van der Waals surface area contributed by atoms with Crippen LogP contribution in [0.1, 0.15) is 35.4 Å². The molecule has 6 heteroatoms. The van der Waals surface area contributed by atoms with Crippen molar-refractivity contribution in [2.75, 3.05) is 5.32 Å². The summed E-state index contributed by atoms with van der Waals surface area (Å²) in [6, 6.07) is 26.5. The van der Waals surface area contributed by atoms with Crippen LogP contribution in [0.5, 0.6) is 0 Å². The van der Waals surface area contributed by atoms with Crippen molar-refractivity contribution in [3.05, 3.63) is 102 Å². The third-order valence-electron chi connectivity index (χ3n) is 5.83. The molecule has 6 nitrogen and oxygen atoms in total. The van der Waals surface area contributed by atoms with E-state index in [4.69, 9.17) is 10.5 Å². The van der Waals surface area contributed by atoms with Gasteiger partial charge in [0.2, 0.25) is 5.91 Å². The highest BCUT2D eigenvalue weighted by molar-refractivity contribution is 5.96. The average Bonchev–Trinajstić information content (AvgIpc) is 3.58. The molecule has 3 aromatic rings. The van der Waals surface area contributed by atoms with E-state index < -0.39 is 12.1 Å². The molecule has 2 amide bonds. The van der Waals surface area contributed by atoms with Crippen molar-refractivity contribution in [1.29, 1.82) is 0 Å². The molecule has 0 spiro atoms. The van der Waals surface area contributed by atoms with Crippen LogP contribution in [-0.2, 0) is 22.6 Å². The van der Waals surface area contributed by atoms with Crippen LogP contribution in [0.4, 0.5) is 10.5 Å². The number of ether oxygens (including phenoxy) is 1. The van der Waals surface area contributed by atoms with Gasteiger partial charge in [-0.25, -0.2) is 4.79 Å². The highest BCUT2D eigenvalue weighted by atomic mass is 16.5. The summed E-state index contributed by atoms with van der Waals surface area (Å²) in [5.74, 6) is 0.132. The standard InChI is InChI=1S/C27H29N3O3/c28-24-17-23(24)21-12-14-22(15-13-21)29-26(31)25(16-11-19-7-3-1-4-8-19)30-27(32)33-18-20-9-5-2-6-10-20/h1-10,12-15,23-25H,11,16-18,28H2,(H,29,31)(H,30,32)/t23-,24+,25?/m0/s1. The van der Waals surface area contributed by atoms with E-state index in [2.05, 4.69) is 10.6 Å². The number of anilines is 1. The molecule has 3 aromatic carbocycles. The smallest absolute Gasteiger partial charge is 0.408 e. The Kier molecular flexibility index (Phi) is 7.37. The summed E-state index contributed by atoms with van der Waals surface area (Å²) in [7, 11) is 0. The lowest BCUT2D eigenvalue weighted by Crippen LogP contribution is -2.44. The second-order valence-electron chi connectivity index (χ2n) is 8.40. The molecule has 170 valence electrons. The van der Waals surface area contributed by atoms with Crippen LogP contribution >= 0.6 is 0 Å². The largest absolute Gasteiger partial charge is 0.445 e. The first-order valence-corrected chi connectivity index (χ1v) is 11.3. The van der Waals surface area contributed by atoms with Crippen LogP contribution in [0.25, 0.3) is 0 Å². The SMILES string of the molecule is N[C@@H]1C[C@H]1c1ccc(NC(=O)C(CCc2ccccc2)NC(=O)OCc2ccccc2)cc1. The van der Waals surface area contributed by atoms with Crippen LogP contribution in [0.2, 0.25) is 0 Å². The van der Waals surface area contributed by atoms with Gasteiger partial charge in [0.15, 0.2) is 0 Å². The number of carbonyl (C=O) groups excluding carboxylic acids is 2. The normalized spacial score (nSPS) is 17.6. The molecule has 4 N–H and O–H groups in total. The van der Waals surface area contributed by atoms with Gasteiger partial charge < -0.3 is 21.1 Å². The molecule has 4 rings (SSSR count). The molecular weight excluding hydrogens is 414 g/mol. The molecule has 33 heavy (non-hydrogen) atoms. The van der Waals surface area contributed by atoms with E-state index in [0.29, 0.717) is 24.4 Å². The third kappa shape index (κ3) is 6.67. The van der Waals surface area contributed by atoms with Gasteiger partial charge in [0, 0.05) is 17.6 Å². The zero-order valence-electron chi connectivity index (χ0n) is 18.4. The lowest BCUT2D eigenvalue weighted by atomic mass is 10.0. The molecule has 0 aliphatic heterocycles. The first-order chi connectivity index (χ1) is 16.1. The van der Waals surface area contributed by atoms with Crippen molar-refractivity contribution < 1.29 is 14.3 Å². The molecule has 1 aliphatic carbocycles. The minimum absolute atomic E-state index is 0.143. The van der Waals surface area contributed by atoms with Crippen LogP contribution < -0.4 is 16.4 Å². The highest BCUT2D eigenvalue weighted by Gasteiger charge is 2.34. The number of benzene rings is 3. The fraction of sp³-hybridized carbons (Fsp3) is 0.259. The van der Waals surface area contributed by atoms with E-state index in [0.717, 1.165) is 17.5 Å². The Labute approximate surface area is 194 Å². The van der Waals surface area contributed by atoms with Gasteiger partial charge >= 0.3 is 6.09 Å². The monoisotopic (exact) mass is 443 g/mol. The second kappa shape index (κ2) is 10.8. The number of carbonyl (C=O) groups is 2. The van der Waals surface area contributed by atoms with Crippen LogP contribution in [-0.4, -0.2) is 24.1 Å². The number of nitrogens with one attached hydrogen (secondary N) is 2. The van der Waals surface area contributed by atoms with Crippen molar-refractivity contribution in [2.45, 2.75) is 43.9 Å². The number of alkyl carbamates (subject to hydrolysis) is 1. The first kappa shape index (κ1) is 22.6. The predicted molar refractivity (Wildman–Crippen MR) is 129 cm³/mol. The summed E-state index contributed by atoms with van der Waals surface area (Å²) in [6.07, 6.45) is 1.48. The summed E-state index contributed by atoms with van der Waals surface area (Å²) >= 11 is 0. The summed E-state index contributed by atoms with van der Waals surface area (Å²) in [5.41, 5.74) is 9.77. The zero-order valence-corrected chi connectivity index (χ0v) is 18.4. The molecule has 0 saturated heterocycles. The minimum atomic E-state index is -0.731. The Morgan fingerprint density at radius 1 is 0.909 bits per heavy atom. The fourth-order valence-corrected chi connectivity index (χ4v) is 3.77. The van der Waals surface area contributed by atoms with E-state index in [1.165, 1.54) is 5.56 Å². The van der Waals surface area contributed by atoms with E-state index in [-0.39, 0.29) is 18.6 Å². The number of aryl methyl sites for hydroxylation is 1.